The highest BCUT2D eigenvalue weighted by molar-refractivity contribution is 7.09. The average Bonchev–Trinajstić information content (AvgIpc) is 2.76. The van der Waals surface area contributed by atoms with E-state index in [9.17, 15) is 4.79 Å². The fourth-order valence-electron chi connectivity index (χ4n) is 1.89. The van der Waals surface area contributed by atoms with Gasteiger partial charge in [-0.3, -0.25) is 0 Å². The van der Waals surface area contributed by atoms with Crippen LogP contribution >= 0.6 is 11.5 Å². The molecule has 0 aromatic carbocycles. The minimum absolute atomic E-state index is 0.226. The smallest absolute Gasteiger partial charge is 0.409 e. The Morgan fingerprint density at radius 2 is 2.33 bits per heavy atom. The molecule has 1 amide bonds. The Hall–Kier alpha value is -1.57. The van der Waals surface area contributed by atoms with E-state index >= 15 is 0 Å². The highest BCUT2D eigenvalue weighted by Gasteiger charge is 2.23. The minimum atomic E-state index is -0.226. The van der Waals surface area contributed by atoms with E-state index in [4.69, 9.17) is 10.5 Å². The Bertz CT molecular complexity index is 403. The molecule has 1 aliphatic heterocycles. The van der Waals surface area contributed by atoms with Gasteiger partial charge >= 0.3 is 6.09 Å². The monoisotopic (exact) mass is 271 g/mol. The summed E-state index contributed by atoms with van der Waals surface area (Å²) in [4.78, 5) is 17.3. The van der Waals surface area contributed by atoms with Crippen molar-refractivity contribution in [3.8, 4) is 0 Å². The van der Waals surface area contributed by atoms with E-state index < -0.39 is 0 Å². The van der Waals surface area contributed by atoms with Crippen LogP contribution < -0.4 is 11.1 Å². The number of ether oxygens (including phenoxy) is 1. The van der Waals surface area contributed by atoms with E-state index in [1.54, 1.807) is 4.90 Å². The number of hydrogen-bond acceptors (Lipinski definition) is 7. The van der Waals surface area contributed by atoms with Crippen LogP contribution in [0.3, 0.4) is 0 Å². The first-order valence-corrected chi connectivity index (χ1v) is 6.73. The van der Waals surface area contributed by atoms with Gasteiger partial charge in [0.15, 0.2) is 0 Å². The number of hydrogen-bond donors (Lipinski definition) is 2. The quantitative estimate of drug-likeness (QED) is 0.856. The third kappa shape index (κ3) is 3.22. The average molecular weight is 271 g/mol. The summed E-state index contributed by atoms with van der Waals surface area (Å²) in [5, 5.41) is 4.02. The molecule has 1 aliphatic rings. The maximum absolute atomic E-state index is 11.5. The largest absolute Gasteiger partial charge is 0.450 e. The Morgan fingerprint density at radius 1 is 1.61 bits per heavy atom. The number of nitrogens with one attached hydrogen (secondary N) is 1. The van der Waals surface area contributed by atoms with Crippen LogP contribution in [0.2, 0.25) is 0 Å². The molecule has 1 aromatic heterocycles. The van der Waals surface area contributed by atoms with E-state index in [-0.39, 0.29) is 6.09 Å². The molecule has 1 fully saturated rings. The molecule has 0 unspecified atom stereocenters. The first-order chi connectivity index (χ1) is 8.69. The van der Waals surface area contributed by atoms with Crippen LogP contribution in [0.5, 0.6) is 0 Å². The lowest BCUT2D eigenvalue weighted by molar-refractivity contribution is 0.0983. The van der Waals surface area contributed by atoms with Crippen molar-refractivity contribution in [3.63, 3.8) is 0 Å². The third-order valence-electron chi connectivity index (χ3n) is 2.79. The topological polar surface area (TPSA) is 93.4 Å². The fourth-order valence-corrected chi connectivity index (χ4v) is 2.46. The van der Waals surface area contributed by atoms with Gasteiger partial charge < -0.3 is 20.7 Å². The minimum Gasteiger partial charge on any atom is -0.450 e. The molecule has 0 atom stereocenters. The molecule has 2 heterocycles. The second-order valence-corrected chi connectivity index (χ2v) is 4.81. The highest BCUT2D eigenvalue weighted by atomic mass is 32.1. The van der Waals surface area contributed by atoms with Crippen LogP contribution in [0, 0.1) is 0 Å². The van der Waals surface area contributed by atoms with Gasteiger partial charge in [-0.15, -0.1) is 0 Å². The zero-order valence-corrected chi connectivity index (χ0v) is 11.1. The van der Waals surface area contributed by atoms with E-state index in [2.05, 4.69) is 14.7 Å². The number of carbonyl (C=O) groups is 1. The lowest BCUT2D eigenvalue weighted by Gasteiger charge is -2.31. The van der Waals surface area contributed by atoms with Gasteiger partial charge in [-0.25, -0.2) is 4.79 Å². The van der Waals surface area contributed by atoms with E-state index in [0.29, 0.717) is 31.7 Å². The third-order valence-corrected chi connectivity index (χ3v) is 3.45. The molecule has 0 bridgehead atoms. The maximum Gasteiger partial charge on any atom is 0.409 e. The summed E-state index contributed by atoms with van der Waals surface area (Å²) in [5.74, 6) is 0.298. The molecule has 7 nitrogen and oxygen atoms in total. The Balaban J connectivity index is 1.78. The van der Waals surface area contributed by atoms with Gasteiger partial charge in [-0.05, 0) is 19.8 Å². The zero-order chi connectivity index (χ0) is 13.0. The normalized spacial score (nSPS) is 16.6. The molecule has 0 saturated carbocycles. The van der Waals surface area contributed by atoms with Crippen LogP contribution in [-0.2, 0) is 4.74 Å². The van der Waals surface area contributed by atoms with Crippen LogP contribution in [0.15, 0.2) is 0 Å². The molecule has 2 rings (SSSR count). The molecule has 0 spiro atoms. The lowest BCUT2D eigenvalue weighted by Crippen LogP contribution is -2.42. The van der Waals surface area contributed by atoms with E-state index in [0.717, 1.165) is 18.0 Å². The first kappa shape index (κ1) is 12.9. The van der Waals surface area contributed by atoms with Gasteiger partial charge in [0.2, 0.25) is 11.1 Å². The molecular weight excluding hydrogens is 254 g/mol. The molecule has 0 radical (unpaired) electrons. The Morgan fingerprint density at radius 3 is 2.89 bits per heavy atom. The lowest BCUT2D eigenvalue weighted by atomic mass is 10.1. The van der Waals surface area contributed by atoms with E-state index in [1.807, 2.05) is 6.92 Å². The van der Waals surface area contributed by atoms with Gasteiger partial charge in [0.05, 0.1) is 6.61 Å². The van der Waals surface area contributed by atoms with Crippen LogP contribution in [0.1, 0.15) is 19.8 Å². The van der Waals surface area contributed by atoms with Crippen molar-refractivity contribution in [2.75, 3.05) is 30.7 Å². The van der Waals surface area contributed by atoms with Crippen molar-refractivity contribution in [1.82, 2.24) is 14.3 Å². The highest BCUT2D eigenvalue weighted by Crippen LogP contribution is 2.19. The fraction of sp³-hybridized carbons (Fsp3) is 0.700. The molecule has 8 heteroatoms. The summed E-state index contributed by atoms with van der Waals surface area (Å²) in [6.07, 6.45) is 1.52. The Labute approximate surface area is 109 Å². The van der Waals surface area contributed by atoms with Gasteiger partial charge in [0, 0.05) is 30.7 Å². The van der Waals surface area contributed by atoms with Crippen LogP contribution in [-0.4, -0.2) is 46.1 Å². The summed E-state index contributed by atoms with van der Waals surface area (Å²) in [7, 11) is 0. The molecule has 1 aromatic rings. The summed E-state index contributed by atoms with van der Waals surface area (Å²) in [6, 6.07) is 0.308. The van der Waals surface area contributed by atoms with Crippen molar-refractivity contribution < 1.29 is 9.53 Å². The number of nitrogens with two attached hydrogens (primary N) is 1. The molecule has 1 saturated heterocycles. The summed E-state index contributed by atoms with van der Waals surface area (Å²) >= 11 is 1.26. The number of likely N-dealkylation sites (tertiary alicyclic amines) is 1. The van der Waals surface area contributed by atoms with Gasteiger partial charge in [-0.2, -0.15) is 9.36 Å². The van der Waals surface area contributed by atoms with Gasteiger partial charge in [-0.1, -0.05) is 0 Å². The Kier molecular flexibility index (Phi) is 4.19. The van der Waals surface area contributed by atoms with Crippen molar-refractivity contribution in [2.45, 2.75) is 25.8 Å². The number of aromatic nitrogens is 2. The number of carbonyl (C=O) groups excluding carboxylic acids is 1. The molecule has 0 aliphatic carbocycles. The molecule has 18 heavy (non-hydrogen) atoms. The second-order valence-electron chi connectivity index (χ2n) is 4.06. The van der Waals surface area contributed by atoms with Gasteiger partial charge in [0.1, 0.15) is 0 Å². The predicted octanol–water partition coefficient (Wildman–Crippen LogP) is 1.15. The predicted molar refractivity (Wildman–Crippen MR) is 69.6 cm³/mol. The van der Waals surface area contributed by atoms with Crippen LogP contribution in [0.4, 0.5) is 15.9 Å². The van der Waals surface area contributed by atoms with Crippen molar-refractivity contribution in [3.05, 3.63) is 0 Å². The summed E-state index contributed by atoms with van der Waals surface area (Å²) in [6.45, 7) is 3.63. The number of nitrogen functional groups attached to an aromatic ring is 1. The van der Waals surface area contributed by atoms with Crippen molar-refractivity contribution >= 4 is 28.7 Å². The SMILES string of the molecule is CCOC(=O)N1CCC(Nc2nc(N)ns2)CC1. The van der Waals surface area contributed by atoms with Crippen LogP contribution in [0.25, 0.3) is 0 Å². The summed E-state index contributed by atoms with van der Waals surface area (Å²) in [5.41, 5.74) is 5.46. The number of amides is 1. The van der Waals surface area contributed by atoms with Crippen molar-refractivity contribution in [2.24, 2.45) is 0 Å². The number of anilines is 2. The number of nitrogens with zero attached hydrogens (tertiary/aromatic N) is 3. The van der Waals surface area contributed by atoms with Gasteiger partial charge in [0.25, 0.3) is 0 Å². The number of rotatable bonds is 3. The zero-order valence-electron chi connectivity index (χ0n) is 10.3. The first-order valence-electron chi connectivity index (χ1n) is 5.96. The standard InChI is InChI=1S/C10H17N5O2S/c1-2-17-10(16)15-5-3-7(4-6-15)12-9-13-8(11)14-18-9/h7H,2-6H2,1H3,(H3,11,12,13,14). The maximum atomic E-state index is 11.5. The van der Waals surface area contributed by atoms with E-state index in [1.165, 1.54) is 11.5 Å². The second kappa shape index (κ2) is 5.85. The molecule has 3 N–H and O–H groups in total. The summed E-state index contributed by atoms with van der Waals surface area (Å²) < 4.78 is 8.88. The van der Waals surface area contributed by atoms with Crippen molar-refractivity contribution in [1.29, 1.82) is 0 Å². The number of piperidine rings is 1. The molecular formula is C10H17N5O2S. The molecule has 100 valence electrons.